The fourth-order valence-corrected chi connectivity index (χ4v) is 3.56. The number of rotatable bonds is 6. The first kappa shape index (κ1) is 18.8. The predicted molar refractivity (Wildman–Crippen MR) is 99.7 cm³/mol. The summed E-state index contributed by atoms with van der Waals surface area (Å²) in [5.74, 6) is -0.262. The van der Waals surface area contributed by atoms with Gasteiger partial charge in [0.2, 0.25) is 0 Å². The van der Waals surface area contributed by atoms with Gasteiger partial charge in [-0.2, -0.15) is 0 Å². The molecule has 0 aromatic heterocycles. The molecule has 0 fully saturated rings. The van der Waals surface area contributed by atoms with E-state index in [1.54, 1.807) is 12.1 Å². The number of hydrogen-bond donors (Lipinski definition) is 1. The molecule has 1 unspecified atom stereocenters. The minimum absolute atomic E-state index is 0.0523. The van der Waals surface area contributed by atoms with E-state index in [1.165, 1.54) is 11.8 Å². The van der Waals surface area contributed by atoms with Gasteiger partial charge in [0.25, 0.3) is 5.91 Å². The van der Waals surface area contributed by atoms with E-state index in [-0.39, 0.29) is 18.4 Å². The molecule has 0 aliphatic heterocycles. The van der Waals surface area contributed by atoms with Gasteiger partial charge in [-0.1, -0.05) is 48.9 Å². The van der Waals surface area contributed by atoms with E-state index in [9.17, 15) is 10.0 Å². The highest BCUT2D eigenvalue weighted by atomic mass is 35.5. The zero-order chi connectivity index (χ0) is 17.7. The summed E-state index contributed by atoms with van der Waals surface area (Å²) in [5.41, 5.74) is 1.09. The first-order valence-electron chi connectivity index (χ1n) is 7.80. The minimum Gasteiger partial charge on any atom is -0.286 e. The Hall–Kier alpha value is -1.49. The Labute approximate surface area is 152 Å². The molecule has 128 valence electrons. The van der Waals surface area contributed by atoms with Crippen LogP contribution in [0.1, 0.15) is 32.3 Å². The molecule has 3 nitrogen and oxygen atoms in total. The van der Waals surface area contributed by atoms with Crippen molar-refractivity contribution in [1.82, 2.24) is 5.06 Å². The van der Waals surface area contributed by atoms with Crippen LogP contribution in [0.2, 0.25) is 5.02 Å². The molecule has 0 aliphatic carbocycles. The molecule has 1 N–H and O–H groups in total. The van der Waals surface area contributed by atoms with E-state index in [1.807, 2.05) is 63.2 Å². The number of halogens is 1. The molecular weight excluding hydrogens is 342 g/mol. The van der Waals surface area contributed by atoms with Gasteiger partial charge in [0.1, 0.15) is 0 Å². The number of carbonyl (C=O) groups excluding carboxylic acids is 1. The van der Waals surface area contributed by atoms with Crippen LogP contribution < -0.4 is 0 Å². The number of nitrogens with zero attached hydrogens (tertiary/aromatic N) is 1. The predicted octanol–water partition coefficient (Wildman–Crippen LogP) is 5.23. The van der Waals surface area contributed by atoms with Crippen LogP contribution in [0, 0.1) is 0 Å². The zero-order valence-corrected chi connectivity index (χ0v) is 15.6. The quantitative estimate of drug-likeness (QED) is 0.434. The third kappa shape index (κ3) is 5.00. The molecule has 0 saturated heterocycles. The van der Waals surface area contributed by atoms with Crippen LogP contribution in [0.3, 0.4) is 0 Å². The Morgan fingerprint density at radius 2 is 1.75 bits per heavy atom. The van der Waals surface area contributed by atoms with Gasteiger partial charge in [0.15, 0.2) is 0 Å². The third-order valence-corrected chi connectivity index (χ3v) is 5.20. The SMILES string of the molecule is CC(CN(O)C(=O)C(C)(C)Sc1ccc(Cl)cc1)c1ccccc1. The topological polar surface area (TPSA) is 40.5 Å². The smallest absolute Gasteiger partial charge is 0.261 e. The van der Waals surface area contributed by atoms with Crippen molar-refractivity contribution in [2.24, 2.45) is 0 Å². The average molecular weight is 364 g/mol. The molecule has 0 bridgehead atoms. The van der Waals surface area contributed by atoms with E-state index in [0.717, 1.165) is 15.5 Å². The van der Waals surface area contributed by atoms with E-state index >= 15 is 0 Å². The second-order valence-electron chi connectivity index (χ2n) is 6.27. The highest BCUT2D eigenvalue weighted by Crippen LogP contribution is 2.34. The van der Waals surface area contributed by atoms with Gasteiger partial charge in [-0.15, -0.1) is 11.8 Å². The lowest BCUT2D eigenvalue weighted by molar-refractivity contribution is -0.168. The summed E-state index contributed by atoms with van der Waals surface area (Å²) in [4.78, 5) is 13.6. The van der Waals surface area contributed by atoms with Crippen LogP contribution in [-0.4, -0.2) is 27.5 Å². The normalized spacial score (nSPS) is 12.7. The van der Waals surface area contributed by atoms with Crippen molar-refractivity contribution >= 4 is 29.3 Å². The zero-order valence-electron chi connectivity index (χ0n) is 14.1. The molecule has 2 aromatic rings. The monoisotopic (exact) mass is 363 g/mol. The van der Waals surface area contributed by atoms with Gasteiger partial charge in [0.05, 0.1) is 11.3 Å². The minimum atomic E-state index is -0.779. The fourth-order valence-electron chi connectivity index (χ4n) is 2.38. The number of carbonyl (C=O) groups is 1. The maximum Gasteiger partial charge on any atom is 0.261 e. The summed E-state index contributed by atoms with van der Waals surface area (Å²) in [6.07, 6.45) is 0. The van der Waals surface area contributed by atoms with Gasteiger partial charge < -0.3 is 0 Å². The van der Waals surface area contributed by atoms with Gasteiger partial charge in [-0.25, -0.2) is 5.06 Å². The maximum atomic E-state index is 12.6. The first-order valence-corrected chi connectivity index (χ1v) is 8.99. The molecule has 2 rings (SSSR count). The van der Waals surface area contributed by atoms with Gasteiger partial charge in [-0.3, -0.25) is 10.0 Å². The van der Waals surface area contributed by atoms with Crippen LogP contribution in [0.5, 0.6) is 0 Å². The Morgan fingerprint density at radius 1 is 1.17 bits per heavy atom. The number of hydrogen-bond acceptors (Lipinski definition) is 3. The largest absolute Gasteiger partial charge is 0.286 e. The number of amides is 1. The van der Waals surface area contributed by atoms with Crippen molar-refractivity contribution in [2.75, 3.05) is 6.54 Å². The van der Waals surface area contributed by atoms with Gasteiger partial charge in [0, 0.05) is 15.8 Å². The molecule has 0 aliphatic rings. The molecule has 0 spiro atoms. The summed E-state index contributed by atoms with van der Waals surface area (Å²) in [6, 6.07) is 17.2. The molecule has 0 heterocycles. The Kier molecular flexibility index (Phi) is 6.33. The Balaban J connectivity index is 2.01. The molecule has 1 atom stereocenters. The van der Waals surface area contributed by atoms with E-state index in [4.69, 9.17) is 11.6 Å². The summed E-state index contributed by atoms with van der Waals surface area (Å²) >= 11 is 7.29. The van der Waals surface area contributed by atoms with Crippen molar-refractivity contribution in [1.29, 1.82) is 0 Å². The van der Waals surface area contributed by atoms with E-state index < -0.39 is 4.75 Å². The van der Waals surface area contributed by atoms with Gasteiger partial charge >= 0.3 is 0 Å². The second kappa shape index (κ2) is 8.06. The lowest BCUT2D eigenvalue weighted by Crippen LogP contribution is -2.42. The number of hydroxylamine groups is 2. The highest BCUT2D eigenvalue weighted by Gasteiger charge is 2.33. The van der Waals surface area contributed by atoms with Crippen molar-refractivity contribution < 1.29 is 10.0 Å². The summed E-state index contributed by atoms with van der Waals surface area (Å²) < 4.78 is -0.779. The van der Waals surface area contributed by atoms with Crippen molar-refractivity contribution in [3.63, 3.8) is 0 Å². The van der Waals surface area contributed by atoms with Crippen LogP contribution in [-0.2, 0) is 4.79 Å². The average Bonchev–Trinajstić information content (AvgIpc) is 2.56. The lowest BCUT2D eigenvalue weighted by atomic mass is 10.0. The summed E-state index contributed by atoms with van der Waals surface area (Å²) in [6.45, 7) is 5.87. The molecule has 24 heavy (non-hydrogen) atoms. The third-order valence-electron chi connectivity index (χ3n) is 3.75. The maximum absolute atomic E-state index is 12.6. The lowest BCUT2D eigenvalue weighted by Gasteiger charge is -2.29. The molecule has 1 amide bonds. The fraction of sp³-hybridized carbons (Fsp3) is 0.316. The van der Waals surface area contributed by atoms with E-state index in [0.29, 0.717) is 5.02 Å². The summed E-state index contributed by atoms with van der Waals surface area (Å²) in [7, 11) is 0. The van der Waals surface area contributed by atoms with Crippen LogP contribution >= 0.6 is 23.4 Å². The van der Waals surface area contributed by atoms with Crippen molar-refractivity contribution in [3.05, 3.63) is 65.2 Å². The van der Waals surface area contributed by atoms with Crippen LogP contribution in [0.25, 0.3) is 0 Å². The summed E-state index contributed by atoms with van der Waals surface area (Å²) in [5, 5.41) is 11.7. The van der Waals surface area contributed by atoms with Crippen molar-refractivity contribution in [3.8, 4) is 0 Å². The molecule has 0 saturated carbocycles. The molecule has 2 aromatic carbocycles. The molecule has 5 heteroatoms. The molecule has 0 radical (unpaired) electrons. The Bertz CT molecular complexity index is 674. The first-order chi connectivity index (χ1) is 11.3. The van der Waals surface area contributed by atoms with Gasteiger partial charge in [-0.05, 0) is 43.7 Å². The van der Waals surface area contributed by atoms with E-state index in [2.05, 4.69) is 0 Å². The Morgan fingerprint density at radius 3 is 2.33 bits per heavy atom. The number of thioether (sulfide) groups is 1. The van der Waals surface area contributed by atoms with Crippen LogP contribution in [0.4, 0.5) is 0 Å². The number of benzene rings is 2. The van der Waals surface area contributed by atoms with Crippen molar-refractivity contribution in [2.45, 2.75) is 36.3 Å². The van der Waals surface area contributed by atoms with Crippen LogP contribution in [0.15, 0.2) is 59.5 Å². The molecular formula is C19H22ClNO2S. The standard InChI is InChI=1S/C19H22ClNO2S/c1-14(15-7-5-4-6-8-15)13-21(23)18(22)19(2,3)24-17-11-9-16(20)10-12-17/h4-12,14,23H,13H2,1-3H3. The highest BCUT2D eigenvalue weighted by molar-refractivity contribution is 8.01. The second-order valence-corrected chi connectivity index (χ2v) is 8.40.